The first-order valence-electron chi connectivity index (χ1n) is 7.43. The zero-order chi connectivity index (χ0) is 14.1. The zero-order valence-electron chi connectivity index (χ0n) is 12.6. The number of rotatable bonds is 5. The van der Waals surface area contributed by atoms with Gasteiger partial charge in [-0.25, -0.2) is 0 Å². The number of benzene rings is 1. The van der Waals surface area contributed by atoms with Crippen LogP contribution < -0.4 is 5.32 Å². The maximum Gasteiger partial charge on any atom is 0.0659 e. The van der Waals surface area contributed by atoms with Gasteiger partial charge in [-0.2, -0.15) is 5.10 Å². The summed E-state index contributed by atoms with van der Waals surface area (Å²) in [5.41, 5.74) is 6.43. The number of aryl methyl sites for hydroxylation is 3. The van der Waals surface area contributed by atoms with E-state index >= 15 is 0 Å². The molecule has 1 aromatic carbocycles. The van der Waals surface area contributed by atoms with Gasteiger partial charge in [-0.1, -0.05) is 29.3 Å². The molecule has 0 spiro atoms. The lowest BCUT2D eigenvalue weighted by Crippen LogP contribution is -2.15. The van der Waals surface area contributed by atoms with Crippen LogP contribution in [0.25, 0.3) is 0 Å². The van der Waals surface area contributed by atoms with E-state index in [9.17, 15) is 0 Å². The van der Waals surface area contributed by atoms with Crippen LogP contribution in [0.2, 0.25) is 0 Å². The van der Waals surface area contributed by atoms with Crippen molar-refractivity contribution < 1.29 is 0 Å². The molecule has 0 unspecified atom stereocenters. The average molecular weight is 269 g/mol. The van der Waals surface area contributed by atoms with Crippen LogP contribution in [0.4, 0.5) is 0 Å². The molecule has 1 aliphatic carbocycles. The third kappa shape index (κ3) is 3.28. The van der Waals surface area contributed by atoms with Crippen LogP contribution in [0.3, 0.4) is 0 Å². The van der Waals surface area contributed by atoms with E-state index in [2.05, 4.69) is 60.3 Å². The third-order valence-electron chi connectivity index (χ3n) is 3.83. The van der Waals surface area contributed by atoms with E-state index in [1.807, 2.05) is 0 Å². The Bertz CT molecular complexity index is 588. The molecular weight excluding hydrogens is 246 g/mol. The summed E-state index contributed by atoms with van der Waals surface area (Å²) in [6.07, 6.45) is 4.84. The smallest absolute Gasteiger partial charge is 0.0659 e. The zero-order valence-corrected chi connectivity index (χ0v) is 12.6. The number of nitrogens with one attached hydrogen (secondary N) is 1. The van der Waals surface area contributed by atoms with E-state index in [1.54, 1.807) is 0 Å². The lowest BCUT2D eigenvalue weighted by atomic mass is 10.1. The highest BCUT2D eigenvalue weighted by Crippen LogP contribution is 2.20. The molecule has 1 saturated carbocycles. The molecule has 0 aliphatic heterocycles. The molecule has 0 amide bonds. The van der Waals surface area contributed by atoms with E-state index in [0.717, 1.165) is 24.8 Å². The van der Waals surface area contributed by atoms with Crippen LogP contribution in [0.1, 0.15) is 40.8 Å². The van der Waals surface area contributed by atoms with Crippen molar-refractivity contribution >= 4 is 0 Å². The lowest BCUT2D eigenvalue weighted by Gasteiger charge is -2.05. The Labute approximate surface area is 121 Å². The molecule has 3 heteroatoms. The Hall–Kier alpha value is -1.61. The van der Waals surface area contributed by atoms with E-state index in [0.29, 0.717) is 0 Å². The number of aromatic nitrogens is 2. The van der Waals surface area contributed by atoms with Crippen molar-refractivity contribution in [2.45, 2.75) is 52.7 Å². The molecule has 1 aliphatic rings. The molecule has 0 bridgehead atoms. The standard InChI is InChI=1S/C17H23N3/c1-12-6-13(2)8-15(7-12)10-20-11-16(14(3)19-20)9-18-17-4-5-17/h6-8,11,17-18H,4-5,9-10H2,1-3H3. The van der Waals surface area contributed by atoms with Crippen molar-refractivity contribution in [2.24, 2.45) is 0 Å². The maximum atomic E-state index is 4.64. The van der Waals surface area contributed by atoms with Crippen LogP contribution in [0, 0.1) is 20.8 Å². The second kappa shape index (κ2) is 5.41. The molecule has 1 fully saturated rings. The minimum absolute atomic E-state index is 0.747. The van der Waals surface area contributed by atoms with Crippen molar-refractivity contribution in [3.8, 4) is 0 Å². The topological polar surface area (TPSA) is 29.9 Å². The van der Waals surface area contributed by atoms with Gasteiger partial charge in [-0.15, -0.1) is 0 Å². The number of hydrogen-bond donors (Lipinski definition) is 1. The highest BCUT2D eigenvalue weighted by atomic mass is 15.3. The van der Waals surface area contributed by atoms with E-state index < -0.39 is 0 Å². The Morgan fingerprint density at radius 1 is 1.15 bits per heavy atom. The molecule has 0 radical (unpaired) electrons. The van der Waals surface area contributed by atoms with Gasteiger partial charge in [0.1, 0.15) is 0 Å². The van der Waals surface area contributed by atoms with E-state index in [4.69, 9.17) is 0 Å². The summed E-state index contributed by atoms with van der Waals surface area (Å²) in [7, 11) is 0. The molecule has 3 rings (SSSR count). The second-order valence-electron chi connectivity index (χ2n) is 6.09. The van der Waals surface area contributed by atoms with Crippen LogP contribution in [-0.4, -0.2) is 15.8 Å². The summed E-state index contributed by atoms with van der Waals surface area (Å²) < 4.78 is 2.06. The van der Waals surface area contributed by atoms with Gasteiger partial charge in [0.05, 0.1) is 12.2 Å². The van der Waals surface area contributed by atoms with Crippen molar-refractivity contribution in [3.05, 3.63) is 52.3 Å². The minimum Gasteiger partial charge on any atom is -0.310 e. The van der Waals surface area contributed by atoms with Gasteiger partial charge in [-0.3, -0.25) is 4.68 Å². The Balaban J connectivity index is 1.71. The first-order valence-corrected chi connectivity index (χ1v) is 7.43. The molecule has 1 N–H and O–H groups in total. The summed E-state index contributed by atoms with van der Waals surface area (Å²) in [6.45, 7) is 8.20. The van der Waals surface area contributed by atoms with E-state index in [-0.39, 0.29) is 0 Å². The average Bonchev–Trinajstić information content (AvgIpc) is 3.11. The van der Waals surface area contributed by atoms with Gasteiger partial charge in [0.15, 0.2) is 0 Å². The molecular formula is C17H23N3. The molecule has 1 aromatic heterocycles. The van der Waals surface area contributed by atoms with Crippen LogP contribution in [0.15, 0.2) is 24.4 Å². The molecule has 20 heavy (non-hydrogen) atoms. The first kappa shape index (κ1) is 13.4. The van der Waals surface area contributed by atoms with Crippen LogP contribution >= 0.6 is 0 Å². The molecule has 0 atom stereocenters. The Morgan fingerprint density at radius 3 is 2.50 bits per heavy atom. The Kier molecular flexibility index (Phi) is 3.62. The van der Waals surface area contributed by atoms with Crippen molar-refractivity contribution in [3.63, 3.8) is 0 Å². The van der Waals surface area contributed by atoms with E-state index in [1.165, 1.54) is 35.1 Å². The minimum atomic E-state index is 0.747. The number of hydrogen-bond acceptors (Lipinski definition) is 2. The Morgan fingerprint density at radius 2 is 1.85 bits per heavy atom. The third-order valence-corrected chi connectivity index (χ3v) is 3.83. The second-order valence-corrected chi connectivity index (χ2v) is 6.09. The molecule has 1 heterocycles. The predicted molar refractivity (Wildman–Crippen MR) is 81.8 cm³/mol. The fraction of sp³-hybridized carbons (Fsp3) is 0.471. The van der Waals surface area contributed by atoms with Gasteiger partial charge in [0.2, 0.25) is 0 Å². The van der Waals surface area contributed by atoms with Crippen molar-refractivity contribution in [1.29, 1.82) is 0 Å². The first-order chi connectivity index (χ1) is 9.60. The number of nitrogens with zero attached hydrogens (tertiary/aromatic N) is 2. The lowest BCUT2D eigenvalue weighted by molar-refractivity contribution is 0.673. The summed E-state index contributed by atoms with van der Waals surface area (Å²) in [6, 6.07) is 7.44. The summed E-state index contributed by atoms with van der Waals surface area (Å²) in [5.74, 6) is 0. The summed E-state index contributed by atoms with van der Waals surface area (Å²) >= 11 is 0. The molecule has 2 aromatic rings. The quantitative estimate of drug-likeness (QED) is 0.904. The normalized spacial score (nSPS) is 14.8. The fourth-order valence-corrected chi connectivity index (χ4v) is 2.70. The summed E-state index contributed by atoms with van der Waals surface area (Å²) in [5, 5.41) is 8.20. The molecule has 106 valence electrons. The van der Waals surface area contributed by atoms with Crippen molar-refractivity contribution in [1.82, 2.24) is 15.1 Å². The summed E-state index contributed by atoms with van der Waals surface area (Å²) in [4.78, 5) is 0. The predicted octanol–water partition coefficient (Wildman–Crippen LogP) is 3.11. The largest absolute Gasteiger partial charge is 0.310 e. The van der Waals surface area contributed by atoms with Gasteiger partial charge < -0.3 is 5.32 Å². The fourth-order valence-electron chi connectivity index (χ4n) is 2.70. The maximum absolute atomic E-state index is 4.64. The highest BCUT2D eigenvalue weighted by molar-refractivity contribution is 5.29. The molecule has 3 nitrogen and oxygen atoms in total. The van der Waals surface area contributed by atoms with Crippen LogP contribution in [-0.2, 0) is 13.1 Å². The monoisotopic (exact) mass is 269 g/mol. The van der Waals surface area contributed by atoms with Gasteiger partial charge >= 0.3 is 0 Å². The SMILES string of the molecule is Cc1cc(C)cc(Cn2cc(CNC3CC3)c(C)n2)c1. The highest BCUT2D eigenvalue weighted by Gasteiger charge is 2.20. The molecule has 0 saturated heterocycles. The van der Waals surface area contributed by atoms with Gasteiger partial charge in [0, 0.05) is 24.3 Å². The van der Waals surface area contributed by atoms with Crippen LogP contribution in [0.5, 0.6) is 0 Å². The van der Waals surface area contributed by atoms with Gasteiger partial charge in [-0.05, 0) is 39.2 Å². The van der Waals surface area contributed by atoms with Gasteiger partial charge in [0.25, 0.3) is 0 Å². The van der Waals surface area contributed by atoms with Crippen molar-refractivity contribution in [2.75, 3.05) is 0 Å².